The molecular weight excluding hydrogens is 392 g/mol. The van der Waals surface area contributed by atoms with Crippen LogP contribution in [-0.2, 0) is 21.2 Å². The zero-order valence-corrected chi connectivity index (χ0v) is 15.9. The first-order chi connectivity index (χ1) is 12.9. The highest BCUT2D eigenvalue weighted by Gasteiger charge is 2.27. The number of nitrogens with one attached hydrogen (secondary N) is 1. The average molecular weight is 410 g/mol. The van der Waals surface area contributed by atoms with Crippen molar-refractivity contribution < 1.29 is 23.1 Å². The predicted octanol–water partition coefficient (Wildman–Crippen LogP) is 1.59. The maximum atomic E-state index is 12.5. The number of sulfonamides is 1. The summed E-state index contributed by atoms with van der Waals surface area (Å²) in [6, 6.07) is 5.73. The Morgan fingerprint density at radius 1 is 1.15 bits per heavy atom. The lowest BCUT2D eigenvalue weighted by Crippen LogP contribution is -2.27. The van der Waals surface area contributed by atoms with Gasteiger partial charge in [0.25, 0.3) is 5.91 Å². The topological polar surface area (TPSA) is 130 Å². The van der Waals surface area contributed by atoms with Gasteiger partial charge in [-0.05, 0) is 37.1 Å². The van der Waals surface area contributed by atoms with Crippen LogP contribution in [0.1, 0.15) is 34.6 Å². The maximum Gasteiger partial charge on any atom is 0.303 e. The zero-order valence-electron chi connectivity index (χ0n) is 14.3. The molecule has 3 rings (SSSR count). The molecule has 0 radical (unpaired) electrons. The quantitative estimate of drug-likeness (QED) is 0.709. The van der Waals surface area contributed by atoms with Crippen molar-refractivity contribution in [1.29, 1.82) is 0 Å². The first-order valence-corrected chi connectivity index (χ1v) is 10.6. The highest BCUT2D eigenvalue weighted by Crippen LogP contribution is 2.22. The van der Waals surface area contributed by atoms with Gasteiger partial charge in [-0.1, -0.05) is 11.3 Å². The van der Waals surface area contributed by atoms with Crippen LogP contribution in [0, 0.1) is 0 Å². The summed E-state index contributed by atoms with van der Waals surface area (Å²) < 4.78 is 26.4. The number of carbonyl (C=O) groups is 2. The summed E-state index contributed by atoms with van der Waals surface area (Å²) >= 11 is 1.10. The molecule has 1 aliphatic heterocycles. The van der Waals surface area contributed by atoms with Crippen molar-refractivity contribution in [3.8, 4) is 0 Å². The van der Waals surface area contributed by atoms with Gasteiger partial charge in [-0.2, -0.15) is 4.31 Å². The number of carboxylic acids is 1. The second kappa shape index (κ2) is 8.11. The van der Waals surface area contributed by atoms with Crippen molar-refractivity contribution in [3.05, 3.63) is 34.8 Å². The molecule has 0 unspecified atom stereocenters. The van der Waals surface area contributed by atoms with Crippen molar-refractivity contribution in [2.24, 2.45) is 0 Å². The van der Waals surface area contributed by atoms with E-state index in [2.05, 4.69) is 15.5 Å². The van der Waals surface area contributed by atoms with Crippen LogP contribution >= 0.6 is 11.3 Å². The second-order valence-electron chi connectivity index (χ2n) is 5.98. The summed E-state index contributed by atoms with van der Waals surface area (Å²) in [5.41, 5.74) is 0.289. The lowest BCUT2D eigenvalue weighted by atomic mass is 10.2. The smallest absolute Gasteiger partial charge is 0.303 e. The molecule has 0 bridgehead atoms. The molecule has 144 valence electrons. The number of amides is 1. The van der Waals surface area contributed by atoms with Gasteiger partial charge in [-0.15, -0.1) is 10.2 Å². The van der Waals surface area contributed by atoms with Crippen molar-refractivity contribution in [2.45, 2.75) is 30.6 Å². The first kappa shape index (κ1) is 19.4. The number of carbonyl (C=O) groups excluding carboxylic acids is 1. The van der Waals surface area contributed by atoms with Crippen molar-refractivity contribution >= 4 is 38.4 Å². The Bertz CT molecular complexity index is 934. The minimum atomic E-state index is -3.52. The van der Waals surface area contributed by atoms with Crippen LogP contribution in [0.15, 0.2) is 29.2 Å². The number of carboxylic acid groups (broad SMARTS) is 1. The summed E-state index contributed by atoms with van der Waals surface area (Å²) in [5, 5.41) is 19.7. The number of anilines is 1. The van der Waals surface area contributed by atoms with Crippen LogP contribution < -0.4 is 5.32 Å². The summed E-state index contributed by atoms with van der Waals surface area (Å²) in [4.78, 5) is 23.0. The first-order valence-electron chi connectivity index (χ1n) is 8.32. The number of benzene rings is 1. The number of aliphatic carboxylic acids is 1. The molecule has 1 fully saturated rings. The van der Waals surface area contributed by atoms with E-state index in [1.165, 1.54) is 28.6 Å². The minimum absolute atomic E-state index is 0.0600. The van der Waals surface area contributed by atoms with E-state index in [0.29, 0.717) is 18.1 Å². The molecule has 1 aromatic heterocycles. The molecule has 2 aromatic rings. The number of hydrogen-bond acceptors (Lipinski definition) is 7. The van der Waals surface area contributed by atoms with E-state index in [1.807, 2.05) is 0 Å². The summed E-state index contributed by atoms with van der Waals surface area (Å²) in [6.45, 7) is 1.04. The Kier molecular flexibility index (Phi) is 5.82. The average Bonchev–Trinajstić information content (AvgIpc) is 3.32. The van der Waals surface area contributed by atoms with Crippen LogP contribution in [-0.4, -0.2) is 53.0 Å². The fraction of sp³-hybridized carbons (Fsp3) is 0.375. The largest absolute Gasteiger partial charge is 0.481 e. The zero-order chi connectivity index (χ0) is 19.4. The fourth-order valence-electron chi connectivity index (χ4n) is 2.64. The van der Waals surface area contributed by atoms with E-state index < -0.39 is 21.9 Å². The van der Waals surface area contributed by atoms with Crippen LogP contribution in [0.5, 0.6) is 0 Å². The Balaban J connectivity index is 1.65. The molecule has 2 heterocycles. The van der Waals surface area contributed by atoms with E-state index in [1.54, 1.807) is 0 Å². The van der Waals surface area contributed by atoms with Gasteiger partial charge in [-0.25, -0.2) is 8.42 Å². The van der Waals surface area contributed by atoms with Crippen LogP contribution in [0.4, 0.5) is 5.13 Å². The molecular formula is C16H18N4O5S2. The van der Waals surface area contributed by atoms with Gasteiger partial charge in [0.1, 0.15) is 5.01 Å². The number of aromatic nitrogens is 2. The fourth-order valence-corrected chi connectivity index (χ4v) is 4.90. The van der Waals surface area contributed by atoms with Gasteiger partial charge in [-0.3, -0.25) is 14.9 Å². The minimum Gasteiger partial charge on any atom is -0.481 e. The molecule has 27 heavy (non-hydrogen) atoms. The highest BCUT2D eigenvalue weighted by molar-refractivity contribution is 7.89. The Morgan fingerprint density at radius 3 is 2.44 bits per heavy atom. The molecule has 1 saturated heterocycles. The molecule has 9 nitrogen and oxygen atoms in total. The number of rotatable bonds is 7. The predicted molar refractivity (Wildman–Crippen MR) is 98.3 cm³/mol. The third-order valence-electron chi connectivity index (χ3n) is 4.06. The van der Waals surface area contributed by atoms with E-state index in [9.17, 15) is 18.0 Å². The van der Waals surface area contributed by atoms with E-state index in [0.717, 1.165) is 24.2 Å². The molecule has 0 saturated carbocycles. The van der Waals surface area contributed by atoms with Gasteiger partial charge in [0.2, 0.25) is 15.2 Å². The molecule has 1 amide bonds. The third kappa shape index (κ3) is 4.67. The van der Waals surface area contributed by atoms with E-state index in [-0.39, 0.29) is 28.4 Å². The SMILES string of the molecule is O=C(O)CCc1nnc(NC(=O)c2ccc(S(=O)(=O)N3CCCC3)cc2)s1. The van der Waals surface area contributed by atoms with E-state index >= 15 is 0 Å². The molecule has 1 aliphatic rings. The molecule has 1 aromatic carbocycles. The van der Waals surface area contributed by atoms with Gasteiger partial charge in [0.15, 0.2) is 0 Å². The third-order valence-corrected chi connectivity index (χ3v) is 6.87. The monoisotopic (exact) mass is 410 g/mol. The number of nitrogens with zero attached hydrogens (tertiary/aromatic N) is 3. The summed E-state index contributed by atoms with van der Waals surface area (Å²) in [6.07, 6.45) is 1.90. The normalized spacial score (nSPS) is 15.0. The Hall–Kier alpha value is -2.37. The lowest BCUT2D eigenvalue weighted by Gasteiger charge is -2.15. The summed E-state index contributed by atoms with van der Waals surface area (Å²) in [7, 11) is -3.52. The van der Waals surface area contributed by atoms with Gasteiger partial charge >= 0.3 is 5.97 Å². The van der Waals surface area contributed by atoms with Crippen molar-refractivity contribution in [2.75, 3.05) is 18.4 Å². The summed E-state index contributed by atoms with van der Waals surface area (Å²) in [5.74, 6) is -1.37. The van der Waals surface area contributed by atoms with Crippen molar-refractivity contribution in [3.63, 3.8) is 0 Å². The van der Waals surface area contributed by atoms with E-state index in [4.69, 9.17) is 5.11 Å². The number of aryl methyl sites for hydroxylation is 1. The van der Waals surface area contributed by atoms with Crippen LogP contribution in [0.25, 0.3) is 0 Å². The second-order valence-corrected chi connectivity index (χ2v) is 8.98. The van der Waals surface area contributed by atoms with Gasteiger partial charge in [0.05, 0.1) is 11.3 Å². The Labute approximate surface area is 160 Å². The molecule has 2 N–H and O–H groups in total. The standard InChI is InChI=1S/C16H18N4O5S2/c21-14(22)8-7-13-18-19-16(26-13)17-15(23)11-3-5-12(6-4-11)27(24,25)20-9-1-2-10-20/h3-6H,1-2,7-10H2,(H,21,22)(H,17,19,23). The molecule has 0 spiro atoms. The Morgan fingerprint density at radius 2 is 1.81 bits per heavy atom. The number of hydrogen-bond donors (Lipinski definition) is 2. The lowest BCUT2D eigenvalue weighted by molar-refractivity contribution is -0.136. The van der Waals surface area contributed by atoms with Crippen LogP contribution in [0.3, 0.4) is 0 Å². The maximum absolute atomic E-state index is 12.5. The van der Waals surface area contributed by atoms with Crippen LogP contribution in [0.2, 0.25) is 0 Å². The highest BCUT2D eigenvalue weighted by atomic mass is 32.2. The molecule has 0 aliphatic carbocycles. The van der Waals surface area contributed by atoms with Crippen molar-refractivity contribution in [1.82, 2.24) is 14.5 Å². The van der Waals surface area contributed by atoms with Gasteiger partial charge < -0.3 is 5.11 Å². The molecule has 0 atom stereocenters. The van der Waals surface area contributed by atoms with Gasteiger partial charge in [0, 0.05) is 25.1 Å². The molecule has 11 heteroatoms.